The molecule has 2 nitrogen and oxygen atoms in total. The molecule has 0 N–H and O–H groups in total. The zero-order chi connectivity index (χ0) is 26.2. The third-order valence-corrected chi connectivity index (χ3v) is 7.02. The minimum Gasteiger partial charge on any atom is -0.490 e. The lowest BCUT2D eigenvalue weighted by Crippen LogP contribution is -2.20. The number of hydrogen-bond donors (Lipinski definition) is 0. The van der Waals surface area contributed by atoms with Crippen LogP contribution in [0.4, 0.5) is 13.2 Å². The number of hydrogen-bond acceptors (Lipinski definition) is 2. The molecule has 1 saturated heterocycles. The first-order valence-corrected chi connectivity index (χ1v) is 13.3. The van der Waals surface area contributed by atoms with Gasteiger partial charge in [-0.15, -0.1) is 0 Å². The second-order valence-electron chi connectivity index (χ2n) is 9.67. The van der Waals surface area contributed by atoms with Gasteiger partial charge in [0, 0.05) is 11.1 Å². The molecule has 2 unspecified atom stereocenters. The second-order valence-corrected chi connectivity index (χ2v) is 9.67. The van der Waals surface area contributed by atoms with Crippen molar-refractivity contribution in [2.45, 2.75) is 58.5 Å². The van der Waals surface area contributed by atoms with Gasteiger partial charge in [-0.1, -0.05) is 61.9 Å². The van der Waals surface area contributed by atoms with E-state index < -0.39 is 11.6 Å². The van der Waals surface area contributed by atoms with E-state index in [2.05, 4.69) is 12.2 Å². The second kappa shape index (κ2) is 13.0. The molecular weight excluding hydrogens is 473 g/mol. The Kier molecular flexibility index (Phi) is 9.45. The fourth-order valence-corrected chi connectivity index (χ4v) is 4.78. The molecule has 0 spiro atoms. The molecule has 1 fully saturated rings. The van der Waals surface area contributed by atoms with Gasteiger partial charge in [-0.25, -0.2) is 8.78 Å². The molecule has 0 bridgehead atoms. The van der Waals surface area contributed by atoms with Crippen LogP contribution in [0.15, 0.2) is 66.7 Å². The van der Waals surface area contributed by atoms with Gasteiger partial charge in [0.25, 0.3) is 0 Å². The first kappa shape index (κ1) is 27.0. The molecule has 0 aromatic heterocycles. The Bertz CT molecular complexity index is 1200. The van der Waals surface area contributed by atoms with Gasteiger partial charge in [0.05, 0.1) is 19.3 Å². The summed E-state index contributed by atoms with van der Waals surface area (Å²) in [5, 5.41) is 0. The van der Waals surface area contributed by atoms with Crippen molar-refractivity contribution in [2.75, 3.05) is 13.2 Å². The normalized spacial score (nSPS) is 17.9. The molecule has 2 atom stereocenters. The van der Waals surface area contributed by atoms with Crippen molar-refractivity contribution in [3.05, 3.63) is 89.8 Å². The van der Waals surface area contributed by atoms with Gasteiger partial charge in [-0.2, -0.15) is 4.39 Å². The average molecular weight is 509 g/mol. The minimum absolute atomic E-state index is 0.0837. The molecule has 1 aliphatic rings. The first-order valence-electron chi connectivity index (χ1n) is 13.3. The van der Waals surface area contributed by atoms with Crippen molar-refractivity contribution in [2.24, 2.45) is 5.92 Å². The predicted octanol–water partition coefficient (Wildman–Crippen LogP) is 9.44. The summed E-state index contributed by atoms with van der Waals surface area (Å²) >= 11 is 0. The highest BCUT2D eigenvalue weighted by Crippen LogP contribution is 2.36. The minimum atomic E-state index is -0.992. The van der Waals surface area contributed by atoms with Crippen molar-refractivity contribution in [3.8, 4) is 28.0 Å². The van der Waals surface area contributed by atoms with Gasteiger partial charge in [0.2, 0.25) is 5.82 Å². The van der Waals surface area contributed by atoms with Gasteiger partial charge in [0.1, 0.15) is 5.82 Å². The van der Waals surface area contributed by atoms with Gasteiger partial charge < -0.3 is 9.47 Å². The van der Waals surface area contributed by atoms with Crippen molar-refractivity contribution in [1.29, 1.82) is 0 Å². The Balaban J connectivity index is 1.43. The van der Waals surface area contributed by atoms with Crippen LogP contribution >= 0.6 is 0 Å². The molecule has 37 heavy (non-hydrogen) atoms. The van der Waals surface area contributed by atoms with E-state index in [1.165, 1.54) is 12.1 Å². The molecule has 3 aromatic rings. The topological polar surface area (TPSA) is 18.5 Å². The highest BCUT2D eigenvalue weighted by molar-refractivity contribution is 5.71. The fraction of sp³-hybridized carbons (Fsp3) is 0.375. The van der Waals surface area contributed by atoms with Gasteiger partial charge in [-0.05, 0) is 79.8 Å². The number of unbranched alkanes of at least 4 members (excludes halogenated alkanes) is 1. The van der Waals surface area contributed by atoms with Crippen LogP contribution in [0.1, 0.15) is 64.0 Å². The summed E-state index contributed by atoms with van der Waals surface area (Å²) in [5.41, 5.74) is 2.63. The van der Waals surface area contributed by atoms with Gasteiger partial charge in [0.15, 0.2) is 11.6 Å². The standard InChI is InChI=1S/C32H35F3O2/c1-3-5-7-8-22-9-17-29(37-21-22)25-14-15-26(28(33)20-25)23-10-12-24(13-11-23)27-16-18-30(32(35)31(27)34)36-19-6-4-2/h3,5,10-16,18,20,22,29H,4,6-9,17,19,21H2,1-2H3. The number of rotatable bonds is 10. The van der Waals surface area contributed by atoms with Crippen LogP contribution in [0.5, 0.6) is 5.75 Å². The van der Waals surface area contributed by atoms with E-state index in [0.717, 1.165) is 44.1 Å². The van der Waals surface area contributed by atoms with E-state index in [0.29, 0.717) is 35.8 Å². The Morgan fingerprint density at radius 3 is 2.30 bits per heavy atom. The Labute approximate surface area is 218 Å². The highest BCUT2D eigenvalue weighted by Gasteiger charge is 2.23. The lowest BCUT2D eigenvalue weighted by Gasteiger charge is -2.29. The van der Waals surface area contributed by atoms with Gasteiger partial charge in [-0.3, -0.25) is 0 Å². The molecule has 0 amide bonds. The van der Waals surface area contributed by atoms with Crippen molar-refractivity contribution >= 4 is 0 Å². The Morgan fingerprint density at radius 1 is 0.919 bits per heavy atom. The molecule has 1 heterocycles. The smallest absolute Gasteiger partial charge is 0.201 e. The fourth-order valence-electron chi connectivity index (χ4n) is 4.78. The van der Waals surface area contributed by atoms with E-state index in [-0.39, 0.29) is 23.2 Å². The molecule has 0 radical (unpaired) electrons. The monoisotopic (exact) mass is 508 g/mol. The predicted molar refractivity (Wildman–Crippen MR) is 143 cm³/mol. The lowest BCUT2D eigenvalue weighted by atomic mass is 9.91. The summed E-state index contributed by atoms with van der Waals surface area (Å²) in [6.07, 6.45) is 10.00. The third kappa shape index (κ3) is 6.64. The summed E-state index contributed by atoms with van der Waals surface area (Å²) in [6, 6.07) is 15.0. The maximum atomic E-state index is 15.1. The summed E-state index contributed by atoms with van der Waals surface area (Å²) < 4.78 is 55.7. The quantitative estimate of drug-likeness (QED) is 0.201. The van der Waals surface area contributed by atoms with Crippen molar-refractivity contribution < 1.29 is 22.6 Å². The van der Waals surface area contributed by atoms with E-state index in [4.69, 9.17) is 9.47 Å². The number of allylic oxidation sites excluding steroid dienone is 2. The molecule has 196 valence electrons. The zero-order valence-corrected chi connectivity index (χ0v) is 21.6. The number of ether oxygens (including phenoxy) is 2. The third-order valence-electron chi connectivity index (χ3n) is 7.02. The van der Waals surface area contributed by atoms with Crippen LogP contribution in [0.25, 0.3) is 22.3 Å². The number of benzene rings is 3. The summed E-state index contributed by atoms with van der Waals surface area (Å²) in [5.74, 6) is -1.80. The largest absolute Gasteiger partial charge is 0.490 e. The van der Waals surface area contributed by atoms with Crippen LogP contribution < -0.4 is 4.74 Å². The van der Waals surface area contributed by atoms with Crippen LogP contribution in [0.3, 0.4) is 0 Å². The van der Waals surface area contributed by atoms with E-state index in [9.17, 15) is 8.78 Å². The van der Waals surface area contributed by atoms with Crippen molar-refractivity contribution in [1.82, 2.24) is 0 Å². The molecule has 4 rings (SSSR count). The van der Waals surface area contributed by atoms with Gasteiger partial charge >= 0.3 is 0 Å². The van der Waals surface area contributed by atoms with Crippen molar-refractivity contribution in [3.63, 3.8) is 0 Å². The first-order chi connectivity index (χ1) is 18.0. The SMILES string of the molecule is CC=CCCC1CCC(c2ccc(-c3ccc(-c4ccc(OCCCC)c(F)c4F)cc3)c(F)c2)OC1. The maximum absolute atomic E-state index is 15.1. The van der Waals surface area contributed by atoms with E-state index >= 15 is 4.39 Å². The summed E-state index contributed by atoms with van der Waals surface area (Å²) in [6.45, 7) is 5.08. The zero-order valence-electron chi connectivity index (χ0n) is 21.6. The lowest BCUT2D eigenvalue weighted by molar-refractivity contribution is -0.0191. The van der Waals surface area contributed by atoms with Crippen LogP contribution in [0.2, 0.25) is 0 Å². The molecule has 0 aliphatic carbocycles. The highest BCUT2D eigenvalue weighted by atomic mass is 19.2. The van der Waals surface area contributed by atoms with E-state index in [1.54, 1.807) is 36.4 Å². The van der Waals surface area contributed by atoms with Crippen LogP contribution in [-0.4, -0.2) is 13.2 Å². The summed E-state index contributed by atoms with van der Waals surface area (Å²) in [4.78, 5) is 0. The maximum Gasteiger partial charge on any atom is 0.201 e. The molecule has 5 heteroatoms. The van der Waals surface area contributed by atoms with Crippen LogP contribution in [-0.2, 0) is 4.74 Å². The molecule has 3 aromatic carbocycles. The molecular formula is C32H35F3O2. The number of halogens is 3. The Morgan fingerprint density at radius 2 is 1.65 bits per heavy atom. The average Bonchev–Trinajstić information content (AvgIpc) is 2.92. The summed E-state index contributed by atoms with van der Waals surface area (Å²) in [7, 11) is 0. The molecule has 0 saturated carbocycles. The molecule has 1 aliphatic heterocycles. The van der Waals surface area contributed by atoms with Crippen LogP contribution in [0, 0.1) is 23.4 Å². The Hall–Kier alpha value is -3.05. The van der Waals surface area contributed by atoms with E-state index in [1.807, 2.05) is 19.9 Å².